The molecule has 1 amide bonds. The summed E-state index contributed by atoms with van der Waals surface area (Å²) >= 11 is 6.24. The van der Waals surface area contributed by atoms with Crippen LogP contribution < -0.4 is 19.1 Å². The second-order valence-corrected chi connectivity index (χ2v) is 9.85. The Hall–Kier alpha value is -3.23. The van der Waals surface area contributed by atoms with Crippen LogP contribution in [0.3, 0.4) is 0 Å². The number of hydrogen-bond acceptors (Lipinski definition) is 5. The molecule has 0 bridgehead atoms. The molecule has 0 atom stereocenters. The van der Waals surface area contributed by atoms with Gasteiger partial charge in [0.2, 0.25) is 5.91 Å². The van der Waals surface area contributed by atoms with Crippen molar-refractivity contribution < 1.29 is 22.7 Å². The van der Waals surface area contributed by atoms with Gasteiger partial charge in [0.1, 0.15) is 24.7 Å². The normalized spacial score (nSPS) is 11.1. The van der Waals surface area contributed by atoms with E-state index in [-0.39, 0.29) is 18.0 Å². The molecule has 1 N–H and O–H groups in total. The van der Waals surface area contributed by atoms with E-state index >= 15 is 0 Å². The van der Waals surface area contributed by atoms with Crippen molar-refractivity contribution in [3.63, 3.8) is 0 Å². The van der Waals surface area contributed by atoms with E-state index in [1.807, 2.05) is 6.92 Å². The zero-order valence-corrected chi connectivity index (χ0v) is 20.8. The Bertz CT molecular complexity index is 1230. The molecular weight excluding hydrogens is 476 g/mol. The van der Waals surface area contributed by atoms with Gasteiger partial charge in [-0.05, 0) is 67.9 Å². The number of ether oxygens (including phenoxy) is 2. The lowest BCUT2D eigenvalue weighted by molar-refractivity contribution is -0.119. The standard InChI is InChI=1S/C25H27ClN2O5S/c1-18-7-13-22(14-8-18)34(30,31)28(24-6-4-5-23(26)19(24)2)17-25(29)27-15-16-33-21-11-9-20(32-3)10-12-21/h4-14H,15-17H2,1-3H3,(H,27,29). The summed E-state index contributed by atoms with van der Waals surface area (Å²) in [6.45, 7) is 3.61. The average molecular weight is 503 g/mol. The van der Waals surface area contributed by atoms with Gasteiger partial charge in [0, 0.05) is 5.02 Å². The molecule has 180 valence electrons. The van der Waals surface area contributed by atoms with Crippen molar-refractivity contribution in [1.82, 2.24) is 5.32 Å². The summed E-state index contributed by atoms with van der Waals surface area (Å²) < 4.78 is 38.8. The summed E-state index contributed by atoms with van der Waals surface area (Å²) in [5, 5.41) is 3.13. The van der Waals surface area contributed by atoms with Crippen molar-refractivity contribution >= 4 is 33.2 Å². The maximum Gasteiger partial charge on any atom is 0.264 e. The average Bonchev–Trinajstić information content (AvgIpc) is 2.83. The summed E-state index contributed by atoms with van der Waals surface area (Å²) in [5.74, 6) is 0.883. The topological polar surface area (TPSA) is 84.9 Å². The summed E-state index contributed by atoms with van der Waals surface area (Å²) in [4.78, 5) is 12.8. The molecule has 7 nitrogen and oxygen atoms in total. The number of carbonyl (C=O) groups is 1. The third-order valence-electron chi connectivity index (χ3n) is 5.16. The fourth-order valence-corrected chi connectivity index (χ4v) is 4.87. The maximum atomic E-state index is 13.5. The van der Waals surface area contributed by atoms with Gasteiger partial charge in [0.15, 0.2) is 0 Å². The highest BCUT2D eigenvalue weighted by molar-refractivity contribution is 7.92. The monoisotopic (exact) mass is 502 g/mol. The van der Waals surface area contributed by atoms with E-state index in [4.69, 9.17) is 21.1 Å². The number of aryl methyl sites for hydroxylation is 1. The van der Waals surface area contributed by atoms with Gasteiger partial charge >= 0.3 is 0 Å². The molecule has 0 unspecified atom stereocenters. The van der Waals surface area contributed by atoms with E-state index < -0.39 is 22.5 Å². The zero-order chi connectivity index (χ0) is 24.7. The fourth-order valence-electron chi connectivity index (χ4n) is 3.22. The molecule has 0 fully saturated rings. The van der Waals surface area contributed by atoms with Crippen LogP contribution in [0.15, 0.2) is 71.6 Å². The van der Waals surface area contributed by atoms with Crippen LogP contribution in [0.25, 0.3) is 0 Å². The molecule has 0 aromatic heterocycles. The predicted molar refractivity (Wildman–Crippen MR) is 133 cm³/mol. The number of methoxy groups -OCH3 is 1. The van der Waals surface area contributed by atoms with Crippen LogP contribution in [-0.2, 0) is 14.8 Å². The Kier molecular flexibility index (Phi) is 8.41. The Balaban J connectivity index is 1.72. The van der Waals surface area contributed by atoms with Crippen molar-refractivity contribution in [2.24, 2.45) is 0 Å². The van der Waals surface area contributed by atoms with Crippen molar-refractivity contribution in [3.8, 4) is 11.5 Å². The Labute approximate surface area is 205 Å². The number of anilines is 1. The first-order valence-corrected chi connectivity index (χ1v) is 12.4. The molecule has 0 aliphatic carbocycles. The molecule has 3 aromatic rings. The van der Waals surface area contributed by atoms with E-state index in [2.05, 4.69) is 5.32 Å². The van der Waals surface area contributed by atoms with Gasteiger partial charge in [0.25, 0.3) is 10.0 Å². The molecule has 3 aromatic carbocycles. The minimum absolute atomic E-state index is 0.0908. The molecular formula is C25H27ClN2O5S. The molecule has 3 rings (SSSR count). The molecule has 0 saturated heterocycles. The molecule has 0 saturated carbocycles. The highest BCUT2D eigenvalue weighted by Gasteiger charge is 2.28. The second kappa shape index (κ2) is 11.3. The summed E-state index contributed by atoms with van der Waals surface area (Å²) in [7, 11) is -2.43. The van der Waals surface area contributed by atoms with Gasteiger partial charge in [-0.15, -0.1) is 0 Å². The molecule has 0 heterocycles. The number of nitrogens with zero attached hydrogens (tertiary/aromatic N) is 1. The van der Waals surface area contributed by atoms with Gasteiger partial charge in [0.05, 0.1) is 24.2 Å². The molecule has 0 aliphatic heterocycles. The van der Waals surface area contributed by atoms with E-state index in [0.29, 0.717) is 27.8 Å². The van der Waals surface area contributed by atoms with Crippen molar-refractivity contribution in [3.05, 3.63) is 82.9 Å². The van der Waals surface area contributed by atoms with Gasteiger partial charge < -0.3 is 14.8 Å². The van der Waals surface area contributed by atoms with Crippen molar-refractivity contribution in [1.29, 1.82) is 0 Å². The number of nitrogens with one attached hydrogen (secondary N) is 1. The van der Waals surface area contributed by atoms with Gasteiger partial charge in [-0.3, -0.25) is 9.10 Å². The molecule has 0 aliphatic rings. The highest BCUT2D eigenvalue weighted by atomic mass is 35.5. The summed E-state index contributed by atoms with van der Waals surface area (Å²) in [5.41, 5.74) is 1.84. The van der Waals surface area contributed by atoms with E-state index in [1.165, 1.54) is 12.1 Å². The van der Waals surface area contributed by atoms with Crippen LogP contribution in [-0.4, -0.2) is 41.1 Å². The first-order chi connectivity index (χ1) is 16.2. The molecule has 0 radical (unpaired) electrons. The smallest absolute Gasteiger partial charge is 0.264 e. The van der Waals surface area contributed by atoms with Gasteiger partial charge in [-0.2, -0.15) is 0 Å². The number of sulfonamides is 1. The minimum Gasteiger partial charge on any atom is -0.497 e. The third-order valence-corrected chi connectivity index (χ3v) is 7.34. The fraction of sp³-hybridized carbons (Fsp3) is 0.240. The molecule has 34 heavy (non-hydrogen) atoms. The number of amides is 1. The number of benzene rings is 3. The molecule has 0 spiro atoms. The second-order valence-electron chi connectivity index (χ2n) is 7.58. The minimum atomic E-state index is -4.01. The maximum absolute atomic E-state index is 13.5. The number of rotatable bonds is 10. The van der Waals surface area contributed by atoms with Crippen LogP contribution in [0, 0.1) is 13.8 Å². The Morgan fingerprint density at radius 2 is 1.62 bits per heavy atom. The lowest BCUT2D eigenvalue weighted by Gasteiger charge is -2.26. The SMILES string of the molecule is COc1ccc(OCCNC(=O)CN(c2cccc(Cl)c2C)S(=O)(=O)c2ccc(C)cc2)cc1. The number of carbonyl (C=O) groups excluding carboxylic acids is 1. The predicted octanol–water partition coefficient (Wildman–Crippen LogP) is 4.36. The van der Waals surface area contributed by atoms with E-state index in [0.717, 1.165) is 9.87 Å². The molecule has 9 heteroatoms. The van der Waals surface area contributed by atoms with Crippen LogP contribution >= 0.6 is 11.6 Å². The van der Waals surface area contributed by atoms with Crippen LogP contribution in [0.5, 0.6) is 11.5 Å². The van der Waals surface area contributed by atoms with E-state index in [1.54, 1.807) is 68.6 Å². The zero-order valence-electron chi connectivity index (χ0n) is 19.2. The summed E-state index contributed by atoms with van der Waals surface area (Å²) in [6.07, 6.45) is 0. The van der Waals surface area contributed by atoms with Crippen LogP contribution in [0.4, 0.5) is 5.69 Å². The largest absolute Gasteiger partial charge is 0.497 e. The first-order valence-electron chi connectivity index (χ1n) is 10.6. The van der Waals surface area contributed by atoms with E-state index in [9.17, 15) is 13.2 Å². The Morgan fingerprint density at radius 1 is 0.971 bits per heavy atom. The Morgan fingerprint density at radius 3 is 2.26 bits per heavy atom. The quantitative estimate of drug-likeness (QED) is 0.416. The lowest BCUT2D eigenvalue weighted by Crippen LogP contribution is -2.42. The van der Waals surface area contributed by atoms with Crippen molar-refractivity contribution in [2.45, 2.75) is 18.7 Å². The van der Waals surface area contributed by atoms with Crippen LogP contribution in [0.2, 0.25) is 5.02 Å². The van der Waals surface area contributed by atoms with Crippen LogP contribution in [0.1, 0.15) is 11.1 Å². The summed E-state index contributed by atoms with van der Waals surface area (Å²) in [6, 6.07) is 18.5. The number of halogens is 1. The van der Waals surface area contributed by atoms with Gasteiger partial charge in [-0.25, -0.2) is 8.42 Å². The number of hydrogen-bond donors (Lipinski definition) is 1. The highest BCUT2D eigenvalue weighted by Crippen LogP contribution is 2.30. The van der Waals surface area contributed by atoms with Crippen molar-refractivity contribution in [2.75, 3.05) is 31.1 Å². The third kappa shape index (κ3) is 6.21. The lowest BCUT2D eigenvalue weighted by atomic mass is 10.2. The van der Waals surface area contributed by atoms with Gasteiger partial charge in [-0.1, -0.05) is 35.4 Å². The first kappa shape index (κ1) is 25.4.